The molecule has 0 radical (unpaired) electrons. The minimum atomic E-state index is 0.382. The fourth-order valence-corrected chi connectivity index (χ4v) is 2.44. The van der Waals surface area contributed by atoms with Gasteiger partial charge in [0, 0.05) is 36.7 Å². The molecule has 1 aliphatic carbocycles. The summed E-state index contributed by atoms with van der Waals surface area (Å²) >= 11 is 0. The number of hydrogen-bond acceptors (Lipinski definition) is 4. The van der Waals surface area contributed by atoms with Crippen molar-refractivity contribution in [2.45, 2.75) is 44.1 Å². The molecule has 0 bridgehead atoms. The molecular weight excluding hydrogens is 214 g/mol. The summed E-state index contributed by atoms with van der Waals surface area (Å²) in [5.74, 6) is 1.98. The average Bonchev–Trinajstić information content (AvgIpc) is 3.23. The van der Waals surface area contributed by atoms with E-state index in [-0.39, 0.29) is 0 Å². The molecule has 3 rings (SSSR count). The van der Waals surface area contributed by atoms with Gasteiger partial charge in [0.15, 0.2) is 0 Å². The molecule has 1 unspecified atom stereocenters. The van der Waals surface area contributed by atoms with Crippen molar-refractivity contribution in [2.75, 3.05) is 13.2 Å². The first-order chi connectivity index (χ1) is 8.38. The topological polar surface area (TPSA) is 61.0 Å². The van der Waals surface area contributed by atoms with Gasteiger partial charge in [0.05, 0.1) is 12.3 Å². The van der Waals surface area contributed by atoms with Crippen LogP contribution in [0.25, 0.3) is 0 Å². The Hall–Kier alpha value is -1.00. The van der Waals surface area contributed by atoms with Crippen molar-refractivity contribution in [1.82, 2.24) is 9.97 Å². The van der Waals surface area contributed by atoms with Crippen LogP contribution in [0.3, 0.4) is 0 Å². The first-order valence-electron chi connectivity index (χ1n) is 6.52. The molecule has 1 aromatic heterocycles. The van der Waals surface area contributed by atoms with Gasteiger partial charge in [-0.2, -0.15) is 0 Å². The van der Waals surface area contributed by atoms with Gasteiger partial charge in [-0.3, -0.25) is 0 Å². The summed E-state index contributed by atoms with van der Waals surface area (Å²) in [5.41, 5.74) is 8.06. The van der Waals surface area contributed by atoms with E-state index in [1.165, 1.54) is 18.5 Å². The van der Waals surface area contributed by atoms with Crippen molar-refractivity contribution < 1.29 is 4.74 Å². The molecule has 1 saturated carbocycles. The molecule has 4 nitrogen and oxygen atoms in total. The molecule has 1 aromatic rings. The monoisotopic (exact) mass is 233 g/mol. The van der Waals surface area contributed by atoms with E-state index in [0.717, 1.165) is 37.4 Å². The lowest BCUT2D eigenvalue weighted by atomic mass is 10.0. The van der Waals surface area contributed by atoms with E-state index in [2.05, 4.69) is 4.98 Å². The minimum absolute atomic E-state index is 0.382. The fourth-order valence-electron chi connectivity index (χ4n) is 2.44. The summed E-state index contributed by atoms with van der Waals surface area (Å²) in [4.78, 5) is 9.23. The normalized spacial score (nSPS) is 24.9. The zero-order valence-electron chi connectivity index (χ0n) is 10.1. The number of ether oxygens (including phenoxy) is 1. The summed E-state index contributed by atoms with van der Waals surface area (Å²) in [6, 6.07) is 0. The molecule has 1 saturated heterocycles. The molecule has 0 amide bonds. The number of nitrogens with zero attached hydrogens (tertiary/aromatic N) is 2. The van der Waals surface area contributed by atoms with Gasteiger partial charge in [-0.25, -0.2) is 9.97 Å². The highest BCUT2D eigenvalue weighted by molar-refractivity contribution is 5.25. The van der Waals surface area contributed by atoms with Crippen LogP contribution in [0.2, 0.25) is 0 Å². The van der Waals surface area contributed by atoms with Gasteiger partial charge >= 0.3 is 0 Å². The molecular formula is C13H19N3O. The Labute approximate surface area is 102 Å². The lowest BCUT2D eigenvalue weighted by Gasteiger charge is -2.21. The van der Waals surface area contributed by atoms with Crippen LogP contribution in [-0.4, -0.2) is 23.2 Å². The SMILES string of the molecule is NCc1cnc(C2CCCOC2)nc1C1CC1. The maximum Gasteiger partial charge on any atom is 0.133 e. The predicted octanol–water partition coefficient (Wildman–Crippen LogP) is 1.71. The third-order valence-electron chi connectivity index (χ3n) is 3.63. The van der Waals surface area contributed by atoms with Crippen molar-refractivity contribution in [1.29, 1.82) is 0 Å². The molecule has 2 heterocycles. The quantitative estimate of drug-likeness (QED) is 0.863. The van der Waals surface area contributed by atoms with Crippen LogP contribution in [-0.2, 0) is 11.3 Å². The molecule has 0 aromatic carbocycles. The zero-order valence-corrected chi connectivity index (χ0v) is 10.1. The number of nitrogens with two attached hydrogens (primary N) is 1. The van der Waals surface area contributed by atoms with E-state index in [0.29, 0.717) is 18.4 Å². The van der Waals surface area contributed by atoms with Crippen LogP contribution in [0, 0.1) is 0 Å². The van der Waals surface area contributed by atoms with Crippen LogP contribution >= 0.6 is 0 Å². The maximum absolute atomic E-state index is 5.74. The summed E-state index contributed by atoms with van der Waals surface area (Å²) in [6.07, 6.45) is 6.69. The van der Waals surface area contributed by atoms with Gasteiger partial charge in [-0.05, 0) is 25.7 Å². The van der Waals surface area contributed by atoms with Gasteiger partial charge in [-0.1, -0.05) is 0 Å². The van der Waals surface area contributed by atoms with Crippen molar-refractivity contribution >= 4 is 0 Å². The maximum atomic E-state index is 5.74. The fraction of sp³-hybridized carbons (Fsp3) is 0.692. The highest BCUT2D eigenvalue weighted by atomic mass is 16.5. The van der Waals surface area contributed by atoms with Crippen LogP contribution in [0.5, 0.6) is 0 Å². The molecule has 4 heteroatoms. The van der Waals surface area contributed by atoms with E-state index in [1.54, 1.807) is 0 Å². The summed E-state index contributed by atoms with van der Waals surface area (Å²) in [5, 5.41) is 0. The van der Waals surface area contributed by atoms with E-state index >= 15 is 0 Å². The lowest BCUT2D eigenvalue weighted by molar-refractivity contribution is 0.0779. The second kappa shape index (κ2) is 4.70. The van der Waals surface area contributed by atoms with Gasteiger partial charge < -0.3 is 10.5 Å². The van der Waals surface area contributed by atoms with Crippen LogP contribution in [0.15, 0.2) is 6.20 Å². The molecule has 2 fully saturated rings. The van der Waals surface area contributed by atoms with Crippen LogP contribution in [0.4, 0.5) is 0 Å². The minimum Gasteiger partial charge on any atom is -0.381 e. The largest absolute Gasteiger partial charge is 0.381 e. The van der Waals surface area contributed by atoms with E-state index < -0.39 is 0 Å². The Morgan fingerprint density at radius 2 is 2.18 bits per heavy atom. The third-order valence-corrected chi connectivity index (χ3v) is 3.63. The molecule has 1 aliphatic heterocycles. The van der Waals surface area contributed by atoms with Gasteiger partial charge in [0.2, 0.25) is 0 Å². The standard InChI is InChI=1S/C13H19N3O/c14-6-11-7-15-13(10-2-1-5-17-8-10)16-12(11)9-3-4-9/h7,9-10H,1-6,8,14H2. The van der Waals surface area contributed by atoms with Gasteiger partial charge in [0.1, 0.15) is 5.82 Å². The molecule has 2 aliphatic rings. The second-order valence-electron chi connectivity index (χ2n) is 5.03. The average molecular weight is 233 g/mol. The predicted molar refractivity (Wildman–Crippen MR) is 64.7 cm³/mol. The lowest BCUT2D eigenvalue weighted by Crippen LogP contribution is -2.19. The van der Waals surface area contributed by atoms with E-state index in [9.17, 15) is 0 Å². The summed E-state index contributed by atoms with van der Waals surface area (Å²) in [6.45, 7) is 2.20. The van der Waals surface area contributed by atoms with Crippen LogP contribution in [0.1, 0.15) is 54.6 Å². The number of rotatable bonds is 3. The smallest absolute Gasteiger partial charge is 0.133 e. The zero-order chi connectivity index (χ0) is 11.7. The molecule has 0 spiro atoms. The first-order valence-corrected chi connectivity index (χ1v) is 6.52. The van der Waals surface area contributed by atoms with Gasteiger partial charge in [0.25, 0.3) is 0 Å². The van der Waals surface area contributed by atoms with Crippen molar-refractivity contribution in [3.63, 3.8) is 0 Å². The Morgan fingerprint density at radius 3 is 2.82 bits per heavy atom. The Bertz CT molecular complexity index is 398. The molecule has 17 heavy (non-hydrogen) atoms. The Kier molecular flexibility index (Phi) is 3.07. The highest BCUT2D eigenvalue weighted by Crippen LogP contribution is 2.40. The van der Waals surface area contributed by atoms with Crippen LogP contribution < -0.4 is 5.73 Å². The molecule has 1 atom stereocenters. The highest BCUT2D eigenvalue weighted by Gasteiger charge is 2.29. The second-order valence-corrected chi connectivity index (χ2v) is 5.03. The summed E-state index contributed by atoms with van der Waals surface area (Å²) < 4.78 is 5.50. The van der Waals surface area contributed by atoms with Crippen molar-refractivity contribution in [3.05, 3.63) is 23.3 Å². The summed E-state index contributed by atoms with van der Waals surface area (Å²) in [7, 11) is 0. The number of hydrogen-bond donors (Lipinski definition) is 1. The van der Waals surface area contributed by atoms with Crippen molar-refractivity contribution in [2.24, 2.45) is 5.73 Å². The first kappa shape index (κ1) is 11.1. The number of aromatic nitrogens is 2. The Balaban J connectivity index is 1.86. The molecule has 92 valence electrons. The third kappa shape index (κ3) is 2.33. The van der Waals surface area contributed by atoms with Gasteiger partial charge in [-0.15, -0.1) is 0 Å². The van der Waals surface area contributed by atoms with Crippen molar-refractivity contribution in [3.8, 4) is 0 Å². The van der Waals surface area contributed by atoms with E-state index in [1.807, 2.05) is 6.20 Å². The van der Waals surface area contributed by atoms with E-state index in [4.69, 9.17) is 15.5 Å². The Morgan fingerprint density at radius 1 is 1.29 bits per heavy atom. The molecule has 2 N–H and O–H groups in total.